The van der Waals surface area contributed by atoms with E-state index in [0.717, 1.165) is 12.4 Å². The first-order chi connectivity index (χ1) is 10.5. The van der Waals surface area contributed by atoms with Crippen LogP contribution in [0.4, 0.5) is 19.0 Å². The maximum Gasteiger partial charge on any atom is 0.282 e. The Balaban J connectivity index is 1.90. The van der Waals surface area contributed by atoms with Crippen LogP contribution in [0, 0.1) is 5.82 Å². The molecule has 1 N–H and O–H groups in total. The molecule has 118 valence electrons. The third-order valence-electron chi connectivity index (χ3n) is 2.43. The summed E-state index contributed by atoms with van der Waals surface area (Å²) in [5, 5.41) is 2.57. The summed E-state index contributed by atoms with van der Waals surface area (Å²) < 4.78 is 43.7. The molecule has 2 rings (SSSR count). The van der Waals surface area contributed by atoms with Crippen LogP contribution in [-0.4, -0.2) is 28.1 Å². The van der Waals surface area contributed by atoms with Crippen molar-refractivity contribution in [1.82, 2.24) is 15.0 Å². The molecule has 0 aliphatic rings. The van der Waals surface area contributed by atoms with Crippen LogP contribution in [0.3, 0.4) is 0 Å². The second-order valence-corrected chi connectivity index (χ2v) is 4.75. The summed E-state index contributed by atoms with van der Waals surface area (Å²) in [7, 11) is 0. The topological polar surface area (TPSA) is 59.9 Å². The van der Waals surface area contributed by atoms with Crippen molar-refractivity contribution in [2.45, 2.75) is 6.43 Å². The maximum atomic E-state index is 13.4. The molecular formula is C12H9Cl2F3N4O. The second-order valence-electron chi connectivity index (χ2n) is 3.94. The molecule has 0 spiro atoms. The minimum atomic E-state index is -2.81. The van der Waals surface area contributed by atoms with E-state index in [0.29, 0.717) is 0 Å². The average Bonchev–Trinajstić information content (AvgIpc) is 2.46. The number of anilines is 1. The third-order valence-corrected chi connectivity index (χ3v) is 3.01. The molecule has 2 heterocycles. The lowest BCUT2D eigenvalue weighted by Gasteiger charge is -2.10. The van der Waals surface area contributed by atoms with E-state index < -0.39 is 17.9 Å². The first-order valence-electron chi connectivity index (χ1n) is 5.95. The van der Waals surface area contributed by atoms with Gasteiger partial charge in [0.15, 0.2) is 5.82 Å². The van der Waals surface area contributed by atoms with E-state index in [9.17, 15) is 13.2 Å². The maximum absolute atomic E-state index is 13.4. The van der Waals surface area contributed by atoms with Crippen LogP contribution < -0.4 is 10.1 Å². The molecule has 5 nitrogen and oxygen atoms in total. The van der Waals surface area contributed by atoms with Crippen LogP contribution in [0.15, 0.2) is 18.6 Å². The first kappa shape index (κ1) is 16.6. The molecule has 0 unspecified atom stereocenters. The van der Waals surface area contributed by atoms with Gasteiger partial charge in [-0.15, -0.1) is 0 Å². The van der Waals surface area contributed by atoms with Crippen LogP contribution in [0.1, 0.15) is 12.1 Å². The van der Waals surface area contributed by atoms with Gasteiger partial charge in [0, 0.05) is 6.20 Å². The standard InChI is InChI=1S/C12H9Cl2F3N4O/c13-6-3-7(15)12(19-4-6)22-2-1-18-11-8(14)9(10(16)17)20-5-21-11/h3-5,10H,1-2H2,(H,18,20,21). The normalized spacial score (nSPS) is 10.8. The SMILES string of the molecule is Fc1cc(Cl)cnc1OCCNc1ncnc(C(F)F)c1Cl. The van der Waals surface area contributed by atoms with Gasteiger partial charge < -0.3 is 10.1 Å². The van der Waals surface area contributed by atoms with Gasteiger partial charge in [0.05, 0.1) is 11.6 Å². The molecule has 0 bridgehead atoms. The van der Waals surface area contributed by atoms with E-state index in [1.165, 1.54) is 6.20 Å². The number of halogens is 5. The van der Waals surface area contributed by atoms with Crippen LogP contribution in [0.5, 0.6) is 5.88 Å². The Hall–Kier alpha value is -1.80. The summed E-state index contributed by atoms with van der Waals surface area (Å²) in [6.45, 7) is 0.152. The summed E-state index contributed by atoms with van der Waals surface area (Å²) in [6, 6.07) is 1.06. The van der Waals surface area contributed by atoms with E-state index in [-0.39, 0.29) is 34.9 Å². The number of nitrogens with zero attached hydrogens (tertiary/aromatic N) is 3. The summed E-state index contributed by atoms with van der Waals surface area (Å²) in [5.74, 6) is -0.874. The van der Waals surface area contributed by atoms with Crippen LogP contribution in [-0.2, 0) is 0 Å². The molecule has 0 saturated carbocycles. The second kappa shape index (κ2) is 7.46. The number of aromatic nitrogens is 3. The zero-order chi connectivity index (χ0) is 16.1. The largest absolute Gasteiger partial charge is 0.474 e. The van der Waals surface area contributed by atoms with Gasteiger partial charge in [-0.1, -0.05) is 23.2 Å². The lowest BCUT2D eigenvalue weighted by molar-refractivity contribution is 0.146. The summed E-state index contributed by atoms with van der Waals surface area (Å²) >= 11 is 11.3. The molecular weight excluding hydrogens is 344 g/mol. The highest BCUT2D eigenvalue weighted by Gasteiger charge is 2.17. The number of ether oxygens (including phenoxy) is 1. The third kappa shape index (κ3) is 4.11. The molecule has 2 aromatic heterocycles. The van der Waals surface area contributed by atoms with Crippen molar-refractivity contribution in [1.29, 1.82) is 0 Å². The Morgan fingerprint density at radius 2 is 2.00 bits per heavy atom. The zero-order valence-corrected chi connectivity index (χ0v) is 12.4. The van der Waals surface area contributed by atoms with Crippen molar-refractivity contribution in [3.05, 3.63) is 40.1 Å². The van der Waals surface area contributed by atoms with Gasteiger partial charge in [0.1, 0.15) is 29.5 Å². The molecule has 0 aromatic carbocycles. The molecule has 0 radical (unpaired) electrons. The summed E-state index contributed by atoms with van der Waals surface area (Å²) in [5.41, 5.74) is -0.564. The Kier molecular flexibility index (Phi) is 5.62. The Labute approximate surface area is 133 Å². The van der Waals surface area contributed by atoms with Gasteiger partial charge in [-0.3, -0.25) is 0 Å². The molecule has 0 aliphatic carbocycles. The number of nitrogens with one attached hydrogen (secondary N) is 1. The Morgan fingerprint density at radius 3 is 2.68 bits per heavy atom. The zero-order valence-electron chi connectivity index (χ0n) is 10.9. The predicted molar refractivity (Wildman–Crippen MR) is 75.2 cm³/mol. The van der Waals surface area contributed by atoms with Crippen LogP contribution >= 0.6 is 23.2 Å². The van der Waals surface area contributed by atoms with E-state index in [4.69, 9.17) is 27.9 Å². The van der Waals surface area contributed by atoms with Crippen LogP contribution in [0.2, 0.25) is 10.0 Å². The molecule has 2 aromatic rings. The number of hydrogen-bond donors (Lipinski definition) is 1. The first-order valence-corrected chi connectivity index (χ1v) is 6.71. The fraction of sp³-hybridized carbons (Fsp3) is 0.250. The van der Waals surface area contributed by atoms with Gasteiger partial charge in [-0.25, -0.2) is 28.1 Å². The van der Waals surface area contributed by atoms with Crippen molar-refractivity contribution in [3.8, 4) is 5.88 Å². The number of hydrogen-bond acceptors (Lipinski definition) is 5. The van der Waals surface area contributed by atoms with Gasteiger partial charge in [0.25, 0.3) is 12.3 Å². The minimum Gasteiger partial charge on any atom is -0.474 e. The predicted octanol–water partition coefficient (Wildman–Crippen LogP) is 3.75. The number of pyridine rings is 1. The lowest BCUT2D eigenvalue weighted by Crippen LogP contribution is -2.14. The molecule has 0 aliphatic heterocycles. The highest BCUT2D eigenvalue weighted by atomic mass is 35.5. The van der Waals surface area contributed by atoms with Gasteiger partial charge >= 0.3 is 0 Å². The van der Waals surface area contributed by atoms with Crippen molar-refractivity contribution >= 4 is 29.0 Å². The molecule has 0 fully saturated rings. The van der Waals surface area contributed by atoms with E-state index >= 15 is 0 Å². The fourth-order valence-corrected chi connectivity index (χ4v) is 1.88. The van der Waals surface area contributed by atoms with Crippen molar-refractivity contribution in [2.24, 2.45) is 0 Å². The van der Waals surface area contributed by atoms with Crippen molar-refractivity contribution in [3.63, 3.8) is 0 Å². The Morgan fingerprint density at radius 1 is 1.23 bits per heavy atom. The summed E-state index contributed by atoms with van der Waals surface area (Å²) in [4.78, 5) is 10.8. The average molecular weight is 353 g/mol. The van der Waals surface area contributed by atoms with Gasteiger partial charge in [0.2, 0.25) is 0 Å². The van der Waals surface area contributed by atoms with Crippen LogP contribution in [0.25, 0.3) is 0 Å². The molecule has 10 heteroatoms. The van der Waals surface area contributed by atoms with Crippen molar-refractivity contribution in [2.75, 3.05) is 18.5 Å². The highest BCUT2D eigenvalue weighted by molar-refractivity contribution is 6.33. The van der Waals surface area contributed by atoms with Gasteiger partial charge in [-0.2, -0.15) is 0 Å². The van der Waals surface area contributed by atoms with E-state index in [1.54, 1.807) is 0 Å². The summed E-state index contributed by atoms with van der Waals surface area (Å²) in [6.07, 6.45) is -0.597. The number of alkyl halides is 2. The fourth-order valence-electron chi connectivity index (χ4n) is 1.48. The monoisotopic (exact) mass is 352 g/mol. The smallest absolute Gasteiger partial charge is 0.282 e. The highest BCUT2D eigenvalue weighted by Crippen LogP contribution is 2.29. The lowest BCUT2D eigenvalue weighted by atomic mass is 10.4. The van der Waals surface area contributed by atoms with E-state index in [1.807, 2.05) is 0 Å². The van der Waals surface area contributed by atoms with E-state index in [2.05, 4.69) is 20.3 Å². The Bertz CT molecular complexity index is 660. The van der Waals surface area contributed by atoms with Gasteiger partial charge in [-0.05, 0) is 6.07 Å². The minimum absolute atomic E-state index is 0.00982. The molecule has 0 atom stereocenters. The molecule has 0 saturated heterocycles. The number of rotatable bonds is 6. The molecule has 22 heavy (non-hydrogen) atoms. The molecule has 0 amide bonds. The van der Waals surface area contributed by atoms with Crippen molar-refractivity contribution < 1.29 is 17.9 Å². The quantitative estimate of drug-likeness (QED) is 0.802.